The van der Waals surface area contributed by atoms with Gasteiger partial charge in [0.2, 0.25) is 5.91 Å². The van der Waals surface area contributed by atoms with Gasteiger partial charge in [0.05, 0.1) is 10.8 Å². The fourth-order valence-electron chi connectivity index (χ4n) is 3.19. The Balaban J connectivity index is 1.52. The molecule has 1 amide bonds. The van der Waals surface area contributed by atoms with Crippen LogP contribution in [0.25, 0.3) is 0 Å². The van der Waals surface area contributed by atoms with Gasteiger partial charge in [-0.1, -0.05) is 36.4 Å². The smallest absolute Gasteiger partial charge is 0.368 e. The van der Waals surface area contributed by atoms with Crippen molar-refractivity contribution in [2.75, 3.05) is 31.1 Å². The number of amides is 1. The summed E-state index contributed by atoms with van der Waals surface area (Å²) in [5.41, 5.74) is 1.09. The lowest BCUT2D eigenvalue weighted by atomic mass is 10.1. The van der Waals surface area contributed by atoms with Crippen molar-refractivity contribution in [1.29, 1.82) is 0 Å². The molecule has 2 aromatic rings. The number of anilines is 1. The lowest BCUT2D eigenvalue weighted by Gasteiger charge is -2.37. The van der Waals surface area contributed by atoms with Gasteiger partial charge >= 0.3 is 6.18 Å². The van der Waals surface area contributed by atoms with Crippen molar-refractivity contribution in [3.8, 4) is 0 Å². The van der Waals surface area contributed by atoms with Crippen LogP contribution in [-0.4, -0.2) is 42.2 Å². The second-order valence-electron chi connectivity index (χ2n) is 6.80. The maximum atomic E-state index is 12.9. The molecule has 0 unspecified atom stereocenters. The van der Waals surface area contributed by atoms with Crippen molar-refractivity contribution < 1.29 is 18.0 Å². The Morgan fingerprint density at radius 1 is 1.04 bits per heavy atom. The van der Waals surface area contributed by atoms with Gasteiger partial charge in [0.15, 0.2) is 0 Å². The summed E-state index contributed by atoms with van der Waals surface area (Å²) in [6, 6.07) is 15.4. The van der Waals surface area contributed by atoms with Gasteiger partial charge in [0.1, 0.15) is 0 Å². The standard InChI is InChI=1S/C21H23F3N2OS/c1-16(28-15-17-6-3-2-4-7-17)20(27)26-12-10-25(11-13-26)19-9-5-8-18(14-19)21(22,23)24/h2-9,14,16H,10-13,15H2,1H3/t16-/m0/s1. The largest absolute Gasteiger partial charge is 0.416 e. The zero-order valence-corrected chi connectivity index (χ0v) is 16.5. The number of nitrogens with zero attached hydrogens (tertiary/aromatic N) is 2. The van der Waals surface area contributed by atoms with Crippen LogP contribution in [0.4, 0.5) is 18.9 Å². The van der Waals surface area contributed by atoms with E-state index < -0.39 is 11.7 Å². The van der Waals surface area contributed by atoms with Gasteiger partial charge in [0.25, 0.3) is 0 Å². The first-order valence-electron chi connectivity index (χ1n) is 9.21. The summed E-state index contributed by atoms with van der Waals surface area (Å²) < 4.78 is 38.7. The first-order valence-corrected chi connectivity index (χ1v) is 10.3. The molecule has 2 aromatic carbocycles. The van der Waals surface area contributed by atoms with Crippen LogP contribution >= 0.6 is 11.8 Å². The molecule has 1 heterocycles. The third kappa shape index (κ3) is 5.22. The second-order valence-corrected chi connectivity index (χ2v) is 8.13. The zero-order valence-electron chi connectivity index (χ0n) is 15.7. The van der Waals surface area contributed by atoms with Crippen molar-refractivity contribution in [2.24, 2.45) is 0 Å². The van der Waals surface area contributed by atoms with Gasteiger partial charge in [-0.3, -0.25) is 4.79 Å². The molecule has 0 bridgehead atoms. The van der Waals surface area contributed by atoms with E-state index in [0.29, 0.717) is 31.9 Å². The molecule has 28 heavy (non-hydrogen) atoms. The molecule has 1 fully saturated rings. The summed E-state index contributed by atoms with van der Waals surface area (Å²) >= 11 is 1.60. The van der Waals surface area contributed by atoms with Crippen LogP contribution in [0.1, 0.15) is 18.1 Å². The summed E-state index contributed by atoms with van der Waals surface area (Å²) in [7, 11) is 0. The van der Waals surface area contributed by atoms with E-state index in [1.54, 1.807) is 17.8 Å². The number of carbonyl (C=O) groups is 1. The molecule has 7 heteroatoms. The predicted molar refractivity (Wildman–Crippen MR) is 107 cm³/mol. The molecular weight excluding hydrogens is 385 g/mol. The van der Waals surface area contributed by atoms with E-state index in [1.807, 2.05) is 47.1 Å². The molecule has 0 radical (unpaired) electrons. The number of halogens is 3. The summed E-state index contributed by atoms with van der Waals surface area (Å²) in [6.45, 7) is 4.01. The van der Waals surface area contributed by atoms with Crippen molar-refractivity contribution in [3.05, 3.63) is 65.7 Å². The molecule has 0 aromatic heterocycles. The maximum absolute atomic E-state index is 12.9. The molecule has 0 N–H and O–H groups in total. The SMILES string of the molecule is C[C@H](SCc1ccccc1)C(=O)N1CCN(c2cccc(C(F)(F)F)c2)CC1. The van der Waals surface area contributed by atoms with Gasteiger partial charge in [-0.05, 0) is 30.7 Å². The molecule has 3 nitrogen and oxygen atoms in total. The van der Waals surface area contributed by atoms with E-state index in [9.17, 15) is 18.0 Å². The highest BCUT2D eigenvalue weighted by molar-refractivity contribution is 7.99. The predicted octanol–water partition coefficient (Wildman–Crippen LogP) is 4.68. The molecule has 150 valence electrons. The summed E-state index contributed by atoms with van der Waals surface area (Å²) in [5.74, 6) is 0.863. The Labute approximate surface area is 167 Å². The van der Waals surface area contributed by atoms with Gasteiger partial charge in [-0.2, -0.15) is 13.2 Å². The number of thioether (sulfide) groups is 1. The summed E-state index contributed by atoms with van der Waals surface area (Å²) in [4.78, 5) is 16.4. The van der Waals surface area contributed by atoms with Crippen molar-refractivity contribution in [1.82, 2.24) is 4.90 Å². The van der Waals surface area contributed by atoms with E-state index >= 15 is 0 Å². The van der Waals surface area contributed by atoms with Crippen LogP contribution in [0.2, 0.25) is 0 Å². The minimum Gasteiger partial charge on any atom is -0.368 e. The van der Waals surface area contributed by atoms with Crippen LogP contribution in [0.15, 0.2) is 54.6 Å². The second kappa shape index (κ2) is 8.90. The van der Waals surface area contributed by atoms with Gasteiger partial charge < -0.3 is 9.80 Å². The average Bonchev–Trinajstić information content (AvgIpc) is 2.72. The third-order valence-corrected chi connectivity index (χ3v) is 6.02. The first-order chi connectivity index (χ1) is 13.3. The van der Waals surface area contributed by atoms with E-state index in [4.69, 9.17) is 0 Å². The number of benzene rings is 2. The van der Waals surface area contributed by atoms with Crippen molar-refractivity contribution >= 4 is 23.4 Å². The van der Waals surface area contributed by atoms with Crippen LogP contribution < -0.4 is 4.90 Å². The number of hydrogen-bond acceptors (Lipinski definition) is 3. The Morgan fingerprint density at radius 3 is 2.36 bits per heavy atom. The molecular formula is C21H23F3N2OS. The number of rotatable bonds is 5. The monoisotopic (exact) mass is 408 g/mol. The Kier molecular flexibility index (Phi) is 6.54. The lowest BCUT2D eigenvalue weighted by molar-refractivity contribution is -0.137. The first kappa shape index (κ1) is 20.6. The topological polar surface area (TPSA) is 23.6 Å². The van der Waals surface area contributed by atoms with E-state index in [1.165, 1.54) is 17.7 Å². The molecule has 0 saturated carbocycles. The Morgan fingerprint density at radius 2 is 1.71 bits per heavy atom. The highest BCUT2D eigenvalue weighted by atomic mass is 32.2. The molecule has 0 spiro atoms. The molecule has 1 saturated heterocycles. The van der Waals surface area contributed by atoms with Gasteiger partial charge in [-0.25, -0.2) is 0 Å². The van der Waals surface area contributed by atoms with Crippen LogP contribution in [0.5, 0.6) is 0 Å². The van der Waals surface area contributed by atoms with Gasteiger partial charge in [0, 0.05) is 37.6 Å². The number of carbonyl (C=O) groups excluding carboxylic acids is 1. The molecule has 1 atom stereocenters. The fraction of sp³-hybridized carbons (Fsp3) is 0.381. The molecule has 3 rings (SSSR count). The maximum Gasteiger partial charge on any atom is 0.416 e. The number of hydrogen-bond donors (Lipinski definition) is 0. The minimum absolute atomic E-state index is 0.0876. The van der Waals surface area contributed by atoms with Crippen LogP contribution in [-0.2, 0) is 16.7 Å². The fourth-order valence-corrected chi connectivity index (χ4v) is 4.11. The van der Waals surface area contributed by atoms with Gasteiger partial charge in [-0.15, -0.1) is 11.8 Å². The molecule has 0 aliphatic carbocycles. The molecule has 1 aliphatic heterocycles. The molecule has 1 aliphatic rings. The number of piperazine rings is 1. The third-order valence-electron chi connectivity index (χ3n) is 4.82. The van der Waals surface area contributed by atoms with E-state index in [-0.39, 0.29) is 11.2 Å². The van der Waals surface area contributed by atoms with Crippen molar-refractivity contribution in [2.45, 2.75) is 24.1 Å². The minimum atomic E-state index is -4.35. The Bertz CT molecular complexity index is 790. The van der Waals surface area contributed by atoms with E-state index in [2.05, 4.69) is 0 Å². The Hall–Kier alpha value is -2.15. The average molecular weight is 408 g/mol. The quantitative estimate of drug-likeness (QED) is 0.718. The van der Waals surface area contributed by atoms with Crippen LogP contribution in [0.3, 0.4) is 0 Å². The highest BCUT2D eigenvalue weighted by Gasteiger charge is 2.31. The zero-order chi connectivity index (χ0) is 20.1. The lowest BCUT2D eigenvalue weighted by Crippen LogP contribution is -2.50. The van der Waals surface area contributed by atoms with Crippen molar-refractivity contribution in [3.63, 3.8) is 0 Å². The number of alkyl halides is 3. The normalized spacial score (nSPS) is 16.1. The summed E-state index contributed by atoms with van der Waals surface area (Å²) in [5, 5.41) is -0.152. The summed E-state index contributed by atoms with van der Waals surface area (Å²) in [6.07, 6.45) is -4.35. The highest BCUT2D eigenvalue weighted by Crippen LogP contribution is 2.32. The van der Waals surface area contributed by atoms with E-state index in [0.717, 1.165) is 11.8 Å². The van der Waals surface area contributed by atoms with Crippen LogP contribution in [0, 0.1) is 0 Å².